The molecular weight excluding hydrogens is 352 g/mol. The van der Waals surface area contributed by atoms with Crippen LogP contribution in [0.3, 0.4) is 0 Å². The molecule has 1 atom stereocenters. The molecular formula is C15H24N2O3S3. The van der Waals surface area contributed by atoms with E-state index in [4.69, 9.17) is 4.74 Å². The normalized spacial score (nSPS) is 25.3. The van der Waals surface area contributed by atoms with E-state index in [0.29, 0.717) is 10.8 Å². The molecule has 0 spiro atoms. The van der Waals surface area contributed by atoms with E-state index in [2.05, 4.69) is 4.90 Å². The van der Waals surface area contributed by atoms with Crippen molar-refractivity contribution in [3.8, 4) is 0 Å². The second-order valence-electron chi connectivity index (χ2n) is 5.98. The zero-order valence-electron chi connectivity index (χ0n) is 13.4. The highest BCUT2D eigenvalue weighted by Gasteiger charge is 2.34. The molecule has 2 saturated heterocycles. The minimum absolute atomic E-state index is 0.0491. The molecule has 0 amide bonds. The zero-order valence-corrected chi connectivity index (χ0v) is 15.9. The highest BCUT2D eigenvalue weighted by atomic mass is 32.2. The van der Waals surface area contributed by atoms with Crippen molar-refractivity contribution in [1.82, 2.24) is 9.21 Å². The van der Waals surface area contributed by atoms with Crippen LogP contribution in [0.25, 0.3) is 0 Å². The van der Waals surface area contributed by atoms with E-state index < -0.39 is 10.0 Å². The molecule has 2 aliphatic heterocycles. The van der Waals surface area contributed by atoms with Crippen LogP contribution in [0.1, 0.15) is 11.3 Å². The molecule has 23 heavy (non-hydrogen) atoms. The molecule has 1 unspecified atom stereocenters. The molecule has 1 aromatic heterocycles. The Kier molecular flexibility index (Phi) is 6.03. The number of hydrogen-bond acceptors (Lipinski definition) is 6. The van der Waals surface area contributed by atoms with Crippen LogP contribution < -0.4 is 0 Å². The fourth-order valence-electron chi connectivity index (χ4n) is 3.02. The summed E-state index contributed by atoms with van der Waals surface area (Å²) in [7, 11) is -3.38. The second-order valence-corrected chi connectivity index (χ2v) is 10.5. The standard InChI is InChI=1S/C15H24N2O3S3/c1-13-3-4-15(22-13)23(18,19)17-5-2-10-21-12-14(17)11-16-6-8-20-9-7-16/h3-4,14H,2,5-12H2,1H3. The number of hydrogen-bond donors (Lipinski definition) is 0. The minimum Gasteiger partial charge on any atom is -0.379 e. The molecule has 8 heteroatoms. The number of morpholine rings is 1. The van der Waals surface area contributed by atoms with Gasteiger partial charge in [0.25, 0.3) is 10.0 Å². The first-order valence-electron chi connectivity index (χ1n) is 8.03. The maximum Gasteiger partial charge on any atom is 0.252 e. The molecule has 3 heterocycles. The third kappa shape index (κ3) is 4.29. The third-order valence-corrected chi connectivity index (χ3v) is 8.85. The van der Waals surface area contributed by atoms with Crippen molar-refractivity contribution in [2.45, 2.75) is 23.6 Å². The molecule has 2 aliphatic rings. The summed E-state index contributed by atoms with van der Waals surface area (Å²) < 4.78 is 33.8. The van der Waals surface area contributed by atoms with Crippen LogP contribution in [-0.2, 0) is 14.8 Å². The van der Waals surface area contributed by atoms with E-state index in [0.717, 1.165) is 55.7 Å². The predicted octanol–water partition coefficient (Wildman–Crippen LogP) is 1.88. The highest BCUT2D eigenvalue weighted by Crippen LogP contribution is 2.29. The summed E-state index contributed by atoms with van der Waals surface area (Å²) in [6.07, 6.45) is 0.924. The Morgan fingerprint density at radius 3 is 2.74 bits per heavy atom. The van der Waals surface area contributed by atoms with E-state index in [1.807, 2.05) is 24.8 Å². The summed E-state index contributed by atoms with van der Waals surface area (Å²) in [6, 6.07) is 3.69. The Labute approximate surface area is 147 Å². The van der Waals surface area contributed by atoms with Gasteiger partial charge >= 0.3 is 0 Å². The molecule has 3 rings (SSSR count). The summed E-state index contributed by atoms with van der Waals surface area (Å²) >= 11 is 3.25. The topological polar surface area (TPSA) is 49.9 Å². The molecule has 1 aromatic rings. The second kappa shape index (κ2) is 7.84. The van der Waals surface area contributed by atoms with Crippen molar-refractivity contribution in [2.75, 3.05) is 50.9 Å². The van der Waals surface area contributed by atoms with Gasteiger partial charge in [0.2, 0.25) is 0 Å². The third-order valence-electron chi connectivity index (χ3n) is 4.24. The number of ether oxygens (including phenoxy) is 1. The minimum atomic E-state index is -3.38. The first kappa shape index (κ1) is 17.7. The maximum atomic E-state index is 13.1. The summed E-state index contributed by atoms with van der Waals surface area (Å²) in [5.74, 6) is 1.91. The summed E-state index contributed by atoms with van der Waals surface area (Å²) in [5.41, 5.74) is 0. The summed E-state index contributed by atoms with van der Waals surface area (Å²) in [6.45, 7) is 6.67. The molecule has 5 nitrogen and oxygen atoms in total. The molecule has 2 fully saturated rings. The van der Waals surface area contributed by atoms with Gasteiger partial charge in [-0.3, -0.25) is 4.90 Å². The quantitative estimate of drug-likeness (QED) is 0.803. The Morgan fingerprint density at radius 1 is 1.26 bits per heavy atom. The lowest BCUT2D eigenvalue weighted by atomic mass is 10.2. The van der Waals surface area contributed by atoms with Crippen molar-refractivity contribution in [2.24, 2.45) is 0 Å². The molecule has 0 N–H and O–H groups in total. The predicted molar refractivity (Wildman–Crippen MR) is 95.9 cm³/mol. The fourth-order valence-corrected chi connectivity index (χ4v) is 7.23. The number of thioether (sulfide) groups is 1. The van der Waals surface area contributed by atoms with Crippen molar-refractivity contribution < 1.29 is 13.2 Å². The first-order valence-corrected chi connectivity index (χ1v) is 11.4. The van der Waals surface area contributed by atoms with E-state index in [9.17, 15) is 8.42 Å². The highest BCUT2D eigenvalue weighted by molar-refractivity contribution is 7.99. The van der Waals surface area contributed by atoms with Gasteiger partial charge in [0, 0.05) is 42.9 Å². The van der Waals surface area contributed by atoms with E-state index >= 15 is 0 Å². The lowest BCUT2D eigenvalue weighted by Gasteiger charge is -2.34. The van der Waals surface area contributed by atoms with Crippen LogP contribution in [0.15, 0.2) is 16.3 Å². The number of rotatable bonds is 4. The van der Waals surface area contributed by atoms with Gasteiger partial charge in [-0.25, -0.2) is 8.42 Å². The van der Waals surface area contributed by atoms with Crippen LogP contribution in [0, 0.1) is 6.92 Å². The Hall–Kier alpha value is -0.120. The van der Waals surface area contributed by atoms with Crippen molar-refractivity contribution >= 4 is 33.1 Å². The van der Waals surface area contributed by atoms with E-state index in [1.54, 1.807) is 10.4 Å². The Balaban J connectivity index is 1.80. The van der Waals surface area contributed by atoms with Crippen molar-refractivity contribution in [1.29, 1.82) is 0 Å². The molecule has 130 valence electrons. The van der Waals surface area contributed by atoms with Crippen LogP contribution in [0.4, 0.5) is 0 Å². The van der Waals surface area contributed by atoms with Gasteiger partial charge in [0.15, 0.2) is 0 Å². The average molecular weight is 377 g/mol. The number of nitrogens with zero attached hydrogens (tertiary/aromatic N) is 2. The van der Waals surface area contributed by atoms with Gasteiger partial charge in [-0.1, -0.05) is 0 Å². The molecule has 0 saturated carbocycles. The Morgan fingerprint density at radius 2 is 2.04 bits per heavy atom. The number of sulfonamides is 1. The zero-order chi connectivity index (χ0) is 16.3. The smallest absolute Gasteiger partial charge is 0.252 e. The van der Waals surface area contributed by atoms with Gasteiger partial charge in [-0.2, -0.15) is 16.1 Å². The first-order chi connectivity index (χ1) is 11.1. The van der Waals surface area contributed by atoms with Gasteiger partial charge in [0.05, 0.1) is 13.2 Å². The van der Waals surface area contributed by atoms with Crippen LogP contribution >= 0.6 is 23.1 Å². The fraction of sp³-hybridized carbons (Fsp3) is 0.733. The van der Waals surface area contributed by atoms with Crippen LogP contribution in [0.5, 0.6) is 0 Å². The molecule has 0 aliphatic carbocycles. The van der Waals surface area contributed by atoms with Crippen molar-refractivity contribution in [3.05, 3.63) is 17.0 Å². The summed E-state index contributed by atoms with van der Waals surface area (Å²) in [5, 5.41) is 0. The van der Waals surface area contributed by atoms with Gasteiger partial charge in [-0.05, 0) is 31.2 Å². The van der Waals surface area contributed by atoms with Gasteiger partial charge in [-0.15, -0.1) is 11.3 Å². The lowest BCUT2D eigenvalue weighted by molar-refractivity contribution is 0.0309. The SMILES string of the molecule is Cc1ccc(S(=O)(=O)N2CCCSCC2CN2CCOCC2)s1. The van der Waals surface area contributed by atoms with Gasteiger partial charge < -0.3 is 4.74 Å². The summed E-state index contributed by atoms with van der Waals surface area (Å²) in [4.78, 5) is 3.37. The van der Waals surface area contributed by atoms with Gasteiger partial charge in [0.1, 0.15) is 4.21 Å². The van der Waals surface area contributed by atoms with E-state index in [-0.39, 0.29) is 6.04 Å². The van der Waals surface area contributed by atoms with Crippen LogP contribution in [0.2, 0.25) is 0 Å². The lowest BCUT2D eigenvalue weighted by Crippen LogP contribution is -2.50. The van der Waals surface area contributed by atoms with E-state index in [1.165, 1.54) is 11.3 Å². The monoisotopic (exact) mass is 376 g/mol. The van der Waals surface area contributed by atoms with Crippen molar-refractivity contribution in [3.63, 3.8) is 0 Å². The Bertz CT molecular complexity index is 611. The number of aryl methyl sites for hydroxylation is 1. The molecule has 0 aromatic carbocycles. The molecule has 0 bridgehead atoms. The number of thiophene rings is 1. The maximum absolute atomic E-state index is 13.1. The average Bonchev–Trinajstić information content (AvgIpc) is 2.85. The largest absolute Gasteiger partial charge is 0.379 e. The molecule has 0 radical (unpaired) electrons. The van der Waals surface area contributed by atoms with Crippen LogP contribution in [-0.4, -0.2) is 74.6 Å².